The van der Waals surface area contributed by atoms with Gasteiger partial charge in [-0.1, -0.05) is 36.4 Å². The lowest BCUT2D eigenvalue weighted by atomic mass is 10.00. The highest BCUT2D eigenvalue weighted by molar-refractivity contribution is 7.71. The van der Waals surface area contributed by atoms with Gasteiger partial charge in [0, 0.05) is 10.9 Å². The van der Waals surface area contributed by atoms with E-state index in [1.54, 1.807) is 35.8 Å². The number of fused-ring (bicyclic) bond motifs is 1. The Labute approximate surface area is 154 Å². The van der Waals surface area contributed by atoms with E-state index in [1.165, 1.54) is 0 Å². The molecule has 2 N–H and O–H groups in total. The number of phenols is 1. The van der Waals surface area contributed by atoms with Crippen LogP contribution in [0.2, 0.25) is 0 Å². The number of hydrogen-bond donors (Lipinski definition) is 2. The molecule has 0 atom stereocenters. The zero-order valence-corrected chi connectivity index (χ0v) is 14.7. The topological polar surface area (TPSA) is 70.9 Å². The molecule has 6 heteroatoms. The van der Waals surface area contributed by atoms with E-state index in [0.29, 0.717) is 21.7 Å². The maximum absolute atomic E-state index is 12.0. The predicted octanol–water partition coefficient (Wildman–Crippen LogP) is 4.66. The summed E-state index contributed by atoms with van der Waals surface area (Å²) in [6.45, 7) is 1.55. The fourth-order valence-corrected chi connectivity index (χ4v) is 3.38. The zero-order chi connectivity index (χ0) is 18.3. The lowest BCUT2D eigenvalue weighted by Gasteiger charge is -2.13. The highest BCUT2D eigenvalue weighted by Crippen LogP contribution is 2.32. The molecule has 128 valence electrons. The van der Waals surface area contributed by atoms with Crippen molar-refractivity contribution in [1.29, 1.82) is 0 Å². The number of nitrogens with zero attached hydrogens (tertiary/aromatic N) is 2. The molecule has 0 aliphatic heterocycles. The van der Waals surface area contributed by atoms with Crippen molar-refractivity contribution in [1.82, 2.24) is 14.8 Å². The SMILES string of the molecule is CC(=O)c1ccc(-n2c(-c3ccccc3O)n[nH]c2=S)c2ccccc12. The number of H-pyrrole nitrogens is 1. The first-order valence-corrected chi connectivity index (χ1v) is 8.47. The van der Waals surface area contributed by atoms with Gasteiger partial charge < -0.3 is 5.11 Å². The number of aromatic nitrogens is 3. The maximum Gasteiger partial charge on any atom is 0.200 e. The van der Waals surface area contributed by atoms with Crippen molar-refractivity contribution in [3.05, 3.63) is 71.0 Å². The number of phenolic OH excluding ortho intramolecular Hbond substituents is 1. The van der Waals surface area contributed by atoms with Gasteiger partial charge in [0.05, 0.1) is 11.3 Å². The Kier molecular flexibility index (Phi) is 3.89. The monoisotopic (exact) mass is 361 g/mol. The second kappa shape index (κ2) is 6.24. The number of aromatic hydroxyl groups is 1. The Hall–Kier alpha value is -3.25. The summed E-state index contributed by atoms with van der Waals surface area (Å²) < 4.78 is 2.18. The summed E-state index contributed by atoms with van der Waals surface area (Å²) in [5.74, 6) is 0.630. The minimum atomic E-state index is 0.00414. The summed E-state index contributed by atoms with van der Waals surface area (Å²) in [7, 11) is 0. The molecule has 0 aliphatic rings. The van der Waals surface area contributed by atoms with Gasteiger partial charge in [0.1, 0.15) is 5.75 Å². The lowest BCUT2D eigenvalue weighted by molar-refractivity contribution is 0.101. The number of aromatic amines is 1. The number of carbonyl (C=O) groups excluding carboxylic acids is 1. The first-order valence-electron chi connectivity index (χ1n) is 8.07. The molecule has 1 aromatic heterocycles. The molecule has 0 aliphatic carbocycles. The van der Waals surface area contributed by atoms with Gasteiger partial charge in [0.25, 0.3) is 0 Å². The van der Waals surface area contributed by atoms with Crippen molar-refractivity contribution in [2.24, 2.45) is 0 Å². The maximum atomic E-state index is 12.0. The van der Waals surface area contributed by atoms with Crippen molar-refractivity contribution in [3.63, 3.8) is 0 Å². The third kappa shape index (κ3) is 2.51. The van der Waals surface area contributed by atoms with Gasteiger partial charge in [0.2, 0.25) is 0 Å². The first-order chi connectivity index (χ1) is 12.6. The van der Waals surface area contributed by atoms with Crippen molar-refractivity contribution in [2.45, 2.75) is 6.92 Å². The Morgan fingerprint density at radius 2 is 1.73 bits per heavy atom. The summed E-state index contributed by atoms with van der Waals surface area (Å²) >= 11 is 5.44. The summed E-state index contributed by atoms with van der Waals surface area (Å²) in [5, 5.41) is 19.1. The van der Waals surface area contributed by atoms with Crippen LogP contribution in [0, 0.1) is 4.77 Å². The minimum absolute atomic E-state index is 0.00414. The Morgan fingerprint density at radius 1 is 1.04 bits per heavy atom. The summed E-state index contributed by atoms with van der Waals surface area (Å²) in [5.41, 5.74) is 2.02. The smallest absolute Gasteiger partial charge is 0.200 e. The van der Waals surface area contributed by atoms with E-state index in [0.717, 1.165) is 16.5 Å². The van der Waals surface area contributed by atoms with E-state index in [9.17, 15) is 9.90 Å². The fourth-order valence-electron chi connectivity index (χ4n) is 3.15. The quantitative estimate of drug-likeness (QED) is 0.411. The molecular weight excluding hydrogens is 346 g/mol. The van der Waals surface area contributed by atoms with Crippen molar-refractivity contribution < 1.29 is 9.90 Å². The molecule has 3 aromatic carbocycles. The first kappa shape index (κ1) is 16.2. The van der Waals surface area contributed by atoms with Crippen LogP contribution in [0.1, 0.15) is 17.3 Å². The molecular formula is C20H15N3O2S. The van der Waals surface area contributed by atoms with Crippen LogP contribution < -0.4 is 0 Å². The molecule has 1 heterocycles. The van der Waals surface area contributed by atoms with Crippen LogP contribution in [0.3, 0.4) is 0 Å². The van der Waals surface area contributed by atoms with Gasteiger partial charge in [-0.3, -0.25) is 14.5 Å². The van der Waals surface area contributed by atoms with Crippen molar-refractivity contribution in [3.8, 4) is 22.8 Å². The van der Waals surface area contributed by atoms with Gasteiger partial charge in [-0.2, -0.15) is 5.10 Å². The van der Waals surface area contributed by atoms with Gasteiger partial charge in [-0.25, -0.2) is 0 Å². The van der Waals surface area contributed by atoms with Gasteiger partial charge >= 0.3 is 0 Å². The van der Waals surface area contributed by atoms with Gasteiger partial charge in [-0.05, 0) is 48.8 Å². The number of Topliss-reactive ketones (excluding diaryl/α,β-unsaturated/α-hetero) is 1. The number of rotatable bonds is 3. The molecule has 5 nitrogen and oxygen atoms in total. The summed E-state index contributed by atoms with van der Waals surface area (Å²) in [6, 6.07) is 18.3. The highest BCUT2D eigenvalue weighted by Gasteiger charge is 2.17. The Morgan fingerprint density at radius 3 is 2.46 bits per heavy atom. The number of nitrogens with one attached hydrogen (secondary N) is 1. The molecule has 0 radical (unpaired) electrons. The number of ketones is 1. The van der Waals surface area contributed by atoms with Crippen LogP contribution >= 0.6 is 12.2 Å². The number of carbonyl (C=O) groups is 1. The number of para-hydroxylation sites is 1. The second-order valence-corrected chi connectivity index (χ2v) is 6.33. The molecule has 0 bridgehead atoms. The normalized spacial score (nSPS) is 11.0. The van der Waals surface area contributed by atoms with E-state index in [4.69, 9.17) is 12.2 Å². The van der Waals surface area contributed by atoms with Crippen LogP contribution in [0.15, 0.2) is 60.7 Å². The molecule has 26 heavy (non-hydrogen) atoms. The van der Waals surface area contributed by atoms with Crippen molar-refractivity contribution >= 4 is 28.8 Å². The van der Waals surface area contributed by atoms with E-state index >= 15 is 0 Å². The van der Waals surface area contributed by atoms with Crippen molar-refractivity contribution in [2.75, 3.05) is 0 Å². The van der Waals surface area contributed by atoms with Crippen LogP contribution in [0.5, 0.6) is 5.75 Å². The van der Waals surface area contributed by atoms with Gasteiger partial charge in [-0.15, -0.1) is 0 Å². The second-order valence-electron chi connectivity index (χ2n) is 5.94. The minimum Gasteiger partial charge on any atom is -0.507 e. The van der Waals surface area contributed by atoms with E-state index < -0.39 is 0 Å². The van der Waals surface area contributed by atoms with Crippen LogP contribution in [-0.2, 0) is 0 Å². The molecule has 0 spiro atoms. The van der Waals surface area contributed by atoms with E-state index in [2.05, 4.69) is 10.2 Å². The molecule has 4 aromatic rings. The number of benzene rings is 3. The van der Waals surface area contributed by atoms with Gasteiger partial charge in [0.15, 0.2) is 16.4 Å². The third-order valence-corrected chi connectivity index (χ3v) is 4.61. The lowest BCUT2D eigenvalue weighted by Crippen LogP contribution is -2.02. The summed E-state index contributed by atoms with van der Waals surface area (Å²) in [6.07, 6.45) is 0. The van der Waals surface area contributed by atoms with Crippen LogP contribution in [-0.4, -0.2) is 25.7 Å². The van der Waals surface area contributed by atoms with Crippen LogP contribution in [0.25, 0.3) is 27.8 Å². The molecule has 0 saturated carbocycles. The predicted molar refractivity (Wildman–Crippen MR) is 103 cm³/mol. The molecule has 0 saturated heterocycles. The summed E-state index contributed by atoms with van der Waals surface area (Å²) in [4.78, 5) is 12.0. The standard InChI is InChI=1S/C20H15N3O2S/c1-12(24)13-10-11-17(15-7-3-2-6-14(13)15)23-19(21-22-20(23)26)16-8-4-5-9-18(16)25/h2-11,25H,1H3,(H,22,26). The van der Waals surface area contributed by atoms with E-state index in [1.807, 2.05) is 36.4 Å². The highest BCUT2D eigenvalue weighted by atomic mass is 32.1. The molecule has 0 amide bonds. The largest absolute Gasteiger partial charge is 0.507 e. The number of hydrogen-bond acceptors (Lipinski definition) is 4. The fraction of sp³-hybridized carbons (Fsp3) is 0.0500. The Balaban J connectivity index is 2.06. The molecule has 0 fully saturated rings. The third-order valence-electron chi connectivity index (χ3n) is 4.34. The zero-order valence-electron chi connectivity index (χ0n) is 13.9. The average molecular weight is 361 g/mol. The Bertz CT molecular complexity index is 1210. The molecule has 0 unspecified atom stereocenters. The average Bonchev–Trinajstić information content (AvgIpc) is 3.02. The van der Waals surface area contributed by atoms with Crippen LogP contribution in [0.4, 0.5) is 0 Å². The van der Waals surface area contributed by atoms with E-state index in [-0.39, 0.29) is 11.5 Å². The molecule has 4 rings (SSSR count).